The lowest BCUT2D eigenvalue weighted by atomic mass is 10.1. The van der Waals surface area contributed by atoms with Crippen LogP contribution >= 0.6 is 22.7 Å². The van der Waals surface area contributed by atoms with Crippen LogP contribution in [0.2, 0.25) is 0 Å². The molecule has 168 valence electrons. The Labute approximate surface area is 194 Å². The van der Waals surface area contributed by atoms with Gasteiger partial charge in [0.2, 0.25) is 5.78 Å². The summed E-state index contributed by atoms with van der Waals surface area (Å²) in [5.74, 6) is -1.67. The minimum atomic E-state index is -4.83. The number of carbonyl (C=O) groups is 2. The van der Waals surface area contributed by atoms with Crippen molar-refractivity contribution in [1.29, 1.82) is 0 Å². The summed E-state index contributed by atoms with van der Waals surface area (Å²) >= 11 is 2.83. The number of alkyl halides is 3. The molecule has 2 aromatic heterocycles. The van der Waals surface area contributed by atoms with Crippen LogP contribution in [0.3, 0.4) is 0 Å². The second-order valence-electron chi connectivity index (χ2n) is 7.31. The van der Waals surface area contributed by atoms with Gasteiger partial charge < -0.3 is 0 Å². The number of nitrogens with zero attached hydrogens (tertiary/aromatic N) is 3. The summed E-state index contributed by atoms with van der Waals surface area (Å²) in [7, 11) is 0. The number of thiazole rings is 1. The van der Waals surface area contributed by atoms with Gasteiger partial charge in [0.1, 0.15) is 20.6 Å². The first-order chi connectivity index (χ1) is 15.7. The first-order valence-electron chi connectivity index (χ1n) is 9.77. The van der Waals surface area contributed by atoms with Gasteiger partial charge in [-0.3, -0.25) is 9.59 Å². The van der Waals surface area contributed by atoms with Gasteiger partial charge in [-0.05, 0) is 36.2 Å². The van der Waals surface area contributed by atoms with Crippen LogP contribution in [0, 0.1) is 0 Å². The lowest BCUT2D eigenvalue weighted by Gasteiger charge is -2.05. The number of rotatable bonds is 7. The monoisotopic (exact) mass is 487 g/mol. The van der Waals surface area contributed by atoms with Crippen molar-refractivity contribution in [3.8, 4) is 10.6 Å². The quantitative estimate of drug-likeness (QED) is 0.258. The minimum Gasteiger partial charge on any atom is -0.300 e. The van der Waals surface area contributed by atoms with Gasteiger partial charge in [0.05, 0.1) is 10.4 Å². The number of azo groups is 1. The average molecular weight is 488 g/mol. The number of ketones is 2. The van der Waals surface area contributed by atoms with Gasteiger partial charge in [0.15, 0.2) is 0 Å². The minimum absolute atomic E-state index is 0.0994. The highest BCUT2D eigenvalue weighted by Crippen LogP contribution is 2.39. The molecule has 4 rings (SSSR count). The number of thiophene rings is 1. The Balaban J connectivity index is 1.44. The highest BCUT2D eigenvalue weighted by atomic mass is 32.1. The predicted molar refractivity (Wildman–Crippen MR) is 123 cm³/mol. The number of hydrogen-bond acceptors (Lipinski definition) is 7. The molecular weight excluding hydrogens is 471 g/mol. The third-order valence-corrected chi connectivity index (χ3v) is 6.71. The van der Waals surface area contributed by atoms with Crippen molar-refractivity contribution < 1.29 is 22.8 Å². The summed E-state index contributed by atoms with van der Waals surface area (Å²) in [5.41, 5.74) is 2.67. The molecule has 0 bridgehead atoms. The molecule has 0 N–H and O–H groups in total. The van der Waals surface area contributed by atoms with E-state index in [4.69, 9.17) is 0 Å². The van der Waals surface area contributed by atoms with Crippen LogP contribution in [0.5, 0.6) is 0 Å². The number of aromatic nitrogens is 1. The summed E-state index contributed by atoms with van der Waals surface area (Å²) in [6.45, 7) is 1.55. The molecule has 0 unspecified atom stereocenters. The number of benzene rings is 2. The van der Waals surface area contributed by atoms with Gasteiger partial charge in [0, 0.05) is 18.4 Å². The molecule has 0 aliphatic carbocycles. The molecular formula is C23H16F3N3O2S2. The lowest BCUT2D eigenvalue weighted by molar-refractivity contribution is -0.170. The molecule has 0 radical (unpaired) electrons. The van der Waals surface area contributed by atoms with Crippen LogP contribution in [0.25, 0.3) is 20.1 Å². The maximum Gasteiger partial charge on any atom is 0.450 e. The molecule has 4 aromatic rings. The van der Waals surface area contributed by atoms with Gasteiger partial charge in [-0.1, -0.05) is 47.7 Å². The van der Waals surface area contributed by atoms with Crippen molar-refractivity contribution in [2.75, 3.05) is 0 Å². The highest BCUT2D eigenvalue weighted by Gasteiger charge is 2.37. The molecule has 2 heterocycles. The smallest absolute Gasteiger partial charge is 0.300 e. The number of hydrogen-bond donors (Lipinski definition) is 0. The third-order valence-electron chi connectivity index (χ3n) is 4.61. The van der Waals surface area contributed by atoms with Gasteiger partial charge in [-0.2, -0.15) is 13.2 Å². The van der Waals surface area contributed by atoms with E-state index in [0.29, 0.717) is 22.7 Å². The zero-order chi connectivity index (χ0) is 23.6. The molecule has 0 saturated carbocycles. The summed E-state index contributed by atoms with van der Waals surface area (Å²) in [6.07, 6.45) is -5.11. The van der Waals surface area contributed by atoms with E-state index in [0.717, 1.165) is 25.7 Å². The predicted octanol–water partition coefficient (Wildman–Crippen LogP) is 7.25. The maximum absolute atomic E-state index is 12.4. The van der Waals surface area contributed by atoms with Crippen molar-refractivity contribution in [1.82, 2.24) is 4.98 Å². The van der Waals surface area contributed by atoms with Crippen molar-refractivity contribution in [3.63, 3.8) is 0 Å². The fraction of sp³-hybridized carbons (Fsp3) is 0.174. The van der Waals surface area contributed by atoms with Gasteiger partial charge in [0.25, 0.3) is 0 Å². The Morgan fingerprint density at radius 1 is 0.909 bits per heavy atom. The summed E-state index contributed by atoms with van der Waals surface area (Å²) < 4.78 is 38.2. The molecule has 0 amide bonds. The topological polar surface area (TPSA) is 71.8 Å². The van der Waals surface area contributed by atoms with Gasteiger partial charge in [-0.25, -0.2) is 4.98 Å². The SMILES string of the molecule is CC(=O)Cc1ccc(N=Nc2cc3sc(-c4ccc(CC(=O)C(F)(F)F)cc4)nc3s2)cc1. The van der Waals surface area contributed by atoms with Gasteiger partial charge >= 0.3 is 6.18 Å². The second-order valence-corrected chi connectivity index (χ2v) is 9.35. The van der Waals surface area contributed by atoms with Crippen LogP contribution in [-0.4, -0.2) is 22.7 Å². The lowest BCUT2D eigenvalue weighted by Crippen LogP contribution is -2.24. The zero-order valence-corrected chi connectivity index (χ0v) is 18.9. The largest absolute Gasteiger partial charge is 0.450 e. The van der Waals surface area contributed by atoms with Crippen molar-refractivity contribution in [2.45, 2.75) is 25.9 Å². The Morgan fingerprint density at radius 2 is 1.55 bits per heavy atom. The Morgan fingerprint density at radius 3 is 2.15 bits per heavy atom. The number of halogens is 3. The fourth-order valence-electron chi connectivity index (χ4n) is 3.02. The van der Waals surface area contributed by atoms with Crippen molar-refractivity contribution >= 4 is 54.5 Å². The number of carbonyl (C=O) groups excluding carboxylic acids is 2. The standard InChI is InChI=1S/C23H16F3N3O2S2/c1-13(30)10-14-4-8-17(9-5-14)28-29-20-12-18-22(33-20)27-21(32-18)16-6-2-15(3-7-16)11-19(31)23(24,25)26/h2-9,12H,10-11H2,1H3. The van der Waals surface area contributed by atoms with Crippen LogP contribution in [0.4, 0.5) is 23.9 Å². The Hall–Kier alpha value is -3.24. The molecule has 2 aromatic carbocycles. The molecule has 0 atom stereocenters. The molecule has 0 spiro atoms. The number of fused-ring (bicyclic) bond motifs is 1. The van der Waals surface area contributed by atoms with E-state index in [1.165, 1.54) is 34.8 Å². The van der Waals surface area contributed by atoms with Crippen molar-refractivity contribution in [2.24, 2.45) is 10.2 Å². The summed E-state index contributed by atoms with van der Waals surface area (Å²) in [5, 5.41) is 9.91. The zero-order valence-electron chi connectivity index (χ0n) is 17.2. The van der Waals surface area contributed by atoms with Crippen molar-refractivity contribution in [3.05, 3.63) is 65.7 Å². The highest BCUT2D eigenvalue weighted by molar-refractivity contribution is 7.30. The van der Waals surface area contributed by atoms with E-state index in [2.05, 4.69) is 15.2 Å². The summed E-state index contributed by atoms with van der Waals surface area (Å²) in [4.78, 5) is 27.7. The Kier molecular flexibility index (Phi) is 6.48. The second kappa shape index (κ2) is 9.32. The van der Waals surface area contributed by atoms with E-state index in [9.17, 15) is 22.8 Å². The van der Waals surface area contributed by atoms with E-state index < -0.39 is 18.4 Å². The van der Waals surface area contributed by atoms with Gasteiger partial charge in [-0.15, -0.1) is 21.6 Å². The van der Waals surface area contributed by atoms with Crippen LogP contribution < -0.4 is 0 Å². The molecule has 0 aliphatic heterocycles. The first-order valence-corrected chi connectivity index (χ1v) is 11.4. The maximum atomic E-state index is 12.4. The van der Waals surface area contributed by atoms with E-state index in [-0.39, 0.29) is 5.78 Å². The normalized spacial score (nSPS) is 12.0. The summed E-state index contributed by atoms with van der Waals surface area (Å²) in [6, 6.07) is 15.5. The average Bonchev–Trinajstić information content (AvgIpc) is 3.32. The third kappa shape index (κ3) is 5.77. The van der Waals surface area contributed by atoms with E-state index in [1.54, 1.807) is 31.2 Å². The molecule has 0 fully saturated rings. The molecule has 5 nitrogen and oxygen atoms in total. The van der Waals surface area contributed by atoms with Crippen LogP contribution in [0.1, 0.15) is 18.1 Å². The molecule has 0 saturated heterocycles. The first kappa shape index (κ1) is 22.9. The fourth-order valence-corrected chi connectivity index (χ4v) is 5.06. The van der Waals surface area contributed by atoms with Crippen LogP contribution in [0.15, 0.2) is 64.8 Å². The number of Topliss-reactive ketones (excluding diaryl/α,β-unsaturated/α-hetero) is 2. The molecule has 10 heteroatoms. The van der Waals surface area contributed by atoms with E-state index in [1.807, 2.05) is 18.2 Å². The Bertz CT molecular complexity index is 1310. The molecule has 0 aliphatic rings. The van der Waals surface area contributed by atoms with E-state index >= 15 is 0 Å². The van der Waals surface area contributed by atoms with Crippen LogP contribution in [-0.2, 0) is 22.4 Å². The molecule has 33 heavy (non-hydrogen) atoms.